The van der Waals surface area contributed by atoms with Gasteiger partial charge in [0, 0.05) is 29.7 Å². The molecule has 1 unspecified atom stereocenters. The Kier molecular flexibility index (Phi) is 2.69. The summed E-state index contributed by atoms with van der Waals surface area (Å²) in [5.74, 6) is 1.40. The molecule has 1 aliphatic carbocycles. The molecular formula is C21H24N2O3. The number of ether oxygens (including phenoxy) is 2. The van der Waals surface area contributed by atoms with Crippen molar-refractivity contribution < 1.29 is 14.3 Å². The Morgan fingerprint density at radius 1 is 1.38 bits per heavy atom. The smallest absolute Gasteiger partial charge is 0.320 e. The SMILES string of the molecule is CC[C@]12C[C@H]3CN4CCc5c([nH]c6ccc(OC)cc56)[C@@](C3)(C(=O)O1)[C@@H]42. The van der Waals surface area contributed by atoms with Gasteiger partial charge in [-0.3, -0.25) is 9.69 Å². The number of benzene rings is 1. The van der Waals surface area contributed by atoms with Crippen LogP contribution >= 0.6 is 0 Å². The third-order valence-corrected chi connectivity index (χ3v) is 7.53. The zero-order chi connectivity index (χ0) is 17.7. The van der Waals surface area contributed by atoms with E-state index < -0.39 is 5.41 Å². The zero-order valence-electron chi connectivity index (χ0n) is 15.3. The highest BCUT2D eigenvalue weighted by Gasteiger charge is 2.74. The zero-order valence-corrected chi connectivity index (χ0v) is 15.3. The average Bonchev–Trinajstić information content (AvgIpc) is 3.08. The number of piperidine rings is 2. The molecule has 5 bridgehead atoms. The maximum atomic E-state index is 13.4. The summed E-state index contributed by atoms with van der Waals surface area (Å²) in [7, 11) is 1.70. The number of nitrogens with one attached hydrogen (secondary N) is 1. The standard InChI is InChI=1S/C21H24N2O3/c1-3-20-9-12-10-21(19(24)26-20)17-14(6-7-23(11-12)18(20)21)15-8-13(25-2)4-5-16(15)22-17/h4-5,8,12,18,22H,3,6-7,9-11H2,1-2H3/t12-,18+,20-,21-/m1/s1. The average molecular weight is 352 g/mol. The van der Waals surface area contributed by atoms with Gasteiger partial charge in [-0.05, 0) is 55.4 Å². The van der Waals surface area contributed by atoms with Crippen LogP contribution in [0.15, 0.2) is 18.2 Å². The van der Waals surface area contributed by atoms with Gasteiger partial charge in [-0.15, -0.1) is 0 Å². The largest absolute Gasteiger partial charge is 0.497 e. The van der Waals surface area contributed by atoms with Crippen molar-refractivity contribution in [3.8, 4) is 5.75 Å². The third kappa shape index (κ3) is 1.51. The van der Waals surface area contributed by atoms with Crippen LogP contribution in [0.1, 0.15) is 37.4 Å². The molecule has 4 aliphatic heterocycles. The minimum absolute atomic E-state index is 0.00165. The number of aromatic nitrogens is 1. The van der Waals surface area contributed by atoms with Crippen molar-refractivity contribution in [1.29, 1.82) is 0 Å². The molecule has 4 fully saturated rings. The third-order valence-electron chi connectivity index (χ3n) is 7.53. The number of hydrogen-bond acceptors (Lipinski definition) is 4. The Morgan fingerprint density at radius 2 is 2.27 bits per heavy atom. The lowest BCUT2D eigenvalue weighted by atomic mass is 9.56. The topological polar surface area (TPSA) is 54.6 Å². The van der Waals surface area contributed by atoms with E-state index in [9.17, 15) is 4.79 Å². The molecule has 5 nitrogen and oxygen atoms in total. The summed E-state index contributed by atoms with van der Waals surface area (Å²) in [6.07, 6.45) is 3.83. The quantitative estimate of drug-likeness (QED) is 0.845. The highest BCUT2D eigenvalue weighted by Crippen LogP contribution is 2.62. The molecule has 26 heavy (non-hydrogen) atoms. The van der Waals surface area contributed by atoms with Crippen LogP contribution in [0.2, 0.25) is 0 Å². The summed E-state index contributed by atoms with van der Waals surface area (Å²) < 4.78 is 11.6. The van der Waals surface area contributed by atoms with Gasteiger partial charge in [-0.2, -0.15) is 0 Å². The van der Waals surface area contributed by atoms with Gasteiger partial charge < -0.3 is 14.5 Å². The maximum Gasteiger partial charge on any atom is 0.320 e. The van der Waals surface area contributed by atoms with Gasteiger partial charge in [0.15, 0.2) is 0 Å². The number of esters is 1. The van der Waals surface area contributed by atoms with E-state index in [-0.39, 0.29) is 17.6 Å². The van der Waals surface area contributed by atoms with Gasteiger partial charge in [0.1, 0.15) is 16.8 Å². The minimum Gasteiger partial charge on any atom is -0.497 e. The first-order chi connectivity index (χ1) is 12.6. The summed E-state index contributed by atoms with van der Waals surface area (Å²) in [6, 6.07) is 6.34. The Balaban J connectivity index is 1.65. The number of methoxy groups -OCH3 is 1. The first kappa shape index (κ1) is 15.1. The van der Waals surface area contributed by atoms with Crippen LogP contribution in [0, 0.1) is 5.92 Å². The summed E-state index contributed by atoms with van der Waals surface area (Å²) >= 11 is 0. The fourth-order valence-electron chi connectivity index (χ4n) is 6.69. The molecule has 3 saturated heterocycles. The van der Waals surface area contributed by atoms with Crippen LogP contribution in [-0.2, 0) is 21.4 Å². The van der Waals surface area contributed by atoms with Crippen LogP contribution in [0.5, 0.6) is 5.75 Å². The van der Waals surface area contributed by atoms with Gasteiger partial charge in [0.05, 0.1) is 13.2 Å². The Labute approximate surface area is 152 Å². The van der Waals surface area contributed by atoms with Crippen LogP contribution in [0.25, 0.3) is 10.9 Å². The number of carbonyl (C=O) groups is 1. The molecule has 1 N–H and O–H groups in total. The lowest BCUT2D eigenvalue weighted by Gasteiger charge is -2.55. The molecule has 1 aromatic carbocycles. The first-order valence-corrected chi connectivity index (χ1v) is 9.78. The van der Waals surface area contributed by atoms with Crippen LogP contribution in [-0.4, -0.2) is 47.7 Å². The van der Waals surface area contributed by atoms with E-state index in [1.165, 1.54) is 10.9 Å². The van der Waals surface area contributed by atoms with E-state index in [0.29, 0.717) is 5.92 Å². The van der Waals surface area contributed by atoms with Crippen molar-refractivity contribution in [3.05, 3.63) is 29.5 Å². The molecule has 5 atom stereocenters. The summed E-state index contributed by atoms with van der Waals surface area (Å²) in [5, 5.41) is 1.19. The van der Waals surface area contributed by atoms with E-state index in [1.807, 2.05) is 6.07 Å². The molecule has 0 spiro atoms. The van der Waals surface area contributed by atoms with Crippen molar-refractivity contribution in [1.82, 2.24) is 9.88 Å². The molecule has 7 rings (SSSR count). The van der Waals surface area contributed by atoms with Crippen molar-refractivity contribution in [3.63, 3.8) is 0 Å². The number of nitrogens with zero attached hydrogens (tertiary/aromatic N) is 1. The second kappa shape index (κ2) is 4.63. The second-order valence-electron chi connectivity index (χ2n) is 8.59. The number of H-pyrrole nitrogens is 1. The molecular weight excluding hydrogens is 328 g/mol. The van der Waals surface area contributed by atoms with E-state index in [4.69, 9.17) is 9.47 Å². The van der Waals surface area contributed by atoms with Gasteiger partial charge in [0.2, 0.25) is 0 Å². The fourth-order valence-corrected chi connectivity index (χ4v) is 6.69. The molecule has 5 heterocycles. The molecule has 1 saturated carbocycles. The number of fused-ring (bicyclic) bond motifs is 3. The van der Waals surface area contributed by atoms with Gasteiger partial charge in [-0.1, -0.05) is 6.92 Å². The van der Waals surface area contributed by atoms with Gasteiger partial charge in [0.25, 0.3) is 0 Å². The van der Waals surface area contributed by atoms with E-state index >= 15 is 0 Å². The van der Waals surface area contributed by atoms with Crippen LogP contribution < -0.4 is 4.74 Å². The van der Waals surface area contributed by atoms with Gasteiger partial charge >= 0.3 is 5.97 Å². The molecule has 0 radical (unpaired) electrons. The lowest BCUT2D eigenvalue weighted by Crippen LogP contribution is -2.68. The van der Waals surface area contributed by atoms with Crippen molar-refractivity contribution in [2.24, 2.45) is 5.92 Å². The summed E-state index contributed by atoms with van der Waals surface area (Å²) in [4.78, 5) is 19.6. The fraction of sp³-hybridized carbons (Fsp3) is 0.571. The summed E-state index contributed by atoms with van der Waals surface area (Å²) in [6.45, 7) is 4.28. The van der Waals surface area contributed by atoms with Crippen LogP contribution in [0.3, 0.4) is 0 Å². The lowest BCUT2D eigenvalue weighted by molar-refractivity contribution is -0.153. The second-order valence-corrected chi connectivity index (χ2v) is 8.59. The molecule has 1 aromatic heterocycles. The predicted octanol–water partition coefficient (Wildman–Crippen LogP) is 2.77. The number of aromatic amines is 1. The Hall–Kier alpha value is -2.01. The molecule has 0 amide bonds. The normalized spacial score (nSPS) is 39.6. The highest BCUT2D eigenvalue weighted by atomic mass is 16.6. The van der Waals surface area contributed by atoms with Crippen LogP contribution in [0.4, 0.5) is 0 Å². The van der Waals surface area contributed by atoms with Crippen molar-refractivity contribution in [2.45, 2.75) is 49.7 Å². The molecule has 2 aromatic rings. The predicted molar refractivity (Wildman–Crippen MR) is 97.4 cm³/mol. The monoisotopic (exact) mass is 352 g/mol. The first-order valence-electron chi connectivity index (χ1n) is 9.78. The number of rotatable bonds is 2. The molecule has 5 aliphatic rings. The highest BCUT2D eigenvalue weighted by molar-refractivity contribution is 5.94. The van der Waals surface area contributed by atoms with Crippen molar-refractivity contribution in [2.75, 3.05) is 20.2 Å². The molecule has 136 valence electrons. The maximum absolute atomic E-state index is 13.4. The van der Waals surface area contributed by atoms with Crippen molar-refractivity contribution >= 4 is 16.9 Å². The number of carbonyl (C=O) groups excluding carboxylic acids is 1. The Morgan fingerprint density at radius 3 is 3.08 bits per heavy atom. The number of hydrogen-bond donors (Lipinski definition) is 1. The van der Waals surface area contributed by atoms with Gasteiger partial charge in [-0.25, -0.2) is 0 Å². The van der Waals surface area contributed by atoms with E-state index in [2.05, 4.69) is 28.9 Å². The minimum atomic E-state index is -0.519. The summed E-state index contributed by atoms with van der Waals surface area (Å²) in [5.41, 5.74) is 2.70. The van der Waals surface area contributed by atoms with E-state index in [0.717, 1.165) is 55.7 Å². The molecule has 5 heteroatoms. The van der Waals surface area contributed by atoms with E-state index in [1.54, 1.807) is 7.11 Å². The Bertz CT molecular complexity index is 950.